The molecule has 0 radical (unpaired) electrons. The van der Waals surface area contributed by atoms with Crippen molar-refractivity contribution in [3.05, 3.63) is 57.9 Å². The lowest BCUT2D eigenvalue weighted by molar-refractivity contribution is 0.0817. The van der Waals surface area contributed by atoms with Crippen molar-refractivity contribution in [1.29, 1.82) is 0 Å². The molecule has 1 unspecified atom stereocenters. The number of halogens is 3. The number of carbonyl (C=O) groups is 1. The van der Waals surface area contributed by atoms with Gasteiger partial charge in [-0.1, -0.05) is 17.7 Å². The first kappa shape index (κ1) is 20.3. The number of nitrogens with zero attached hydrogens (tertiary/aromatic N) is 2. The van der Waals surface area contributed by atoms with Gasteiger partial charge in [0.1, 0.15) is 17.5 Å². The van der Waals surface area contributed by atoms with Gasteiger partial charge in [-0.15, -0.1) is 0 Å². The predicted molar refractivity (Wildman–Crippen MR) is 97.2 cm³/mol. The fourth-order valence-corrected chi connectivity index (χ4v) is 2.87. The van der Waals surface area contributed by atoms with Crippen LogP contribution in [0.2, 0.25) is 5.15 Å². The van der Waals surface area contributed by atoms with E-state index in [1.54, 1.807) is 18.2 Å². The Morgan fingerprint density at radius 2 is 2.08 bits per heavy atom. The average molecular weight is 383 g/mol. The summed E-state index contributed by atoms with van der Waals surface area (Å²) in [6.45, 7) is 3.65. The van der Waals surface area contributed by atoms with Crippen molar-refractivity contribution in [3.8, 4) is 5.75 Å². The van der Waals surface area contributed by atoms with Crippen LogP contribution in [0.4, 0.5) is 8.78 Å². The van der Waals surface area contributed by atoms with Crippen LogP contribution in [-0.2, 0) is 6.54 Å². The second-order valence-corrected chi connectivity index (χ2v) is 6.52. The van der Waals surface area contributed by atoms with Gasteiger partial charge in [-0.3, -0.25) is 9.69 Å². The molecule has 2 rings (SSSR count). The summed E-state index contributed by atoms with van der Waals surface area (Å²) < 4.78 is 29.9. The molecule has 0 amide bonds. The van der Waals surface area contributed by atoms with Crippen LogP contribution in [0.3, 0.4) is 0 Å². The van der Waals surface area contributed by atoms with Gasteiger partial charge in [0, 0.05) is 29.9 Å². The third kappa shape index (κ3) is 5.22. The third-order valence-electron chi connectivity index (χ3n) is 4.17. The first-order valence-corrected chi connectivity index (χ1v) is 8.51. The summed E-state index contributed by atoms with van der Waals surface area (Å²) in [6, 6.07) is 7.01. The summed E-state index contributed by atoms with van der Waals surface area (Å²) in [5.41, 5.74) is 2.99. The van der Waals surface area contributed by atoms with Crippen molar-refractivity contribution in [2.24, 2.45) is 0 Å². The number of aryl methyl sites for hydroxylation is 1. The maximum atomic E-state index is 12.4. The van der Waals surface area contributed by atoms with Crippen LogP contribution in [0.5, 0.6) is 5.75 Å². The number of hydrogen-bond donors (Lipinski definition) is 0. The molecule has 1 atom stereocenters. The Hall–Kier alpha value is -2.05. The number of aromatic nitrogens is 1. The van der Waals surface area contributed by atoms with E-state index in [9.17, 15) is 13.6 Å². The summed E-state index contributed by atoms with van der Waals surface area (Å²) in [7, 11) is 1.89. The van der Waals surface area contributed by atoms with Crippen LogP contribution in [0.25, 0.3) is 0 Å². The highest BCUT2D eigenvalue weighted by molar-refractivity contribution is 6.30. The lowest BCUT2D eigenvalue weighted by Crippen LogP contribution is -2.23. The topological polar surface area (TPSA) is 42.4 Å². The molecule has 0 N–H and O–H groups in total. The molecular weight excluding hydrogens is 362 g/mol. The van der Waals surface area contributed by atoms with Crippen molar-refractivity contribution in [1.82, 2.24) is 9.88 Å². The van der Waals surface area contributed by atoms with Crippen LogP contribution >= 0.6 is 11.6 Å². The fourth-order valence-electron chi connectivity index (χ4n) is 2.65. The molecule has 1 aromatic heterocycles. The van der Waals surface area contributed by atoms with Crippen LogP contribution in [0, 0.1) is 6.92 Å². The van der Waals surface area contributed by atoms with E-state index >= 15 is 0 Å². The average Bonchev–Trinajstić information content (AvgIpc) is 2.60. The Balaban J connectivity index is 2.20. The second kappa shape index (κ2) is 9.05. The summed E-state index contributed by atoms with van der Waals surface area (Å²) in [4.78, 5) is 17.3. The molecule has 0 saturated heterocycles. The summed E-state index contributed by atoms with van der Waals surface area (Å²) in [5.74, 6) is 0.411. The Kier molecular flexibility index (Phi) is 7.06. The van der Waals surface area contributed by atoms with Gasteiger partial charge in [-0.25, -0.2) is 13.8 Å². The van der Waals surface area contributed by atoms with Gasteiger partial charge in [-0.05, 0) is 50.2 Å². The van der Waals surface area contributed by atoms with Crippen LogP contribution in [0.15, 0.2) is 30.5 Å². The van der Waals surface area contributed by atoms with E-state index in [1.807, 2.05) is 31.9 Å². The largest absolute Gasteiger partial charge is 0.488 e. The number of benzene rings is 1. The first-order valence-electron chi connectivity index (χ1n) is 8.13. The number of pyridine rings is 1. The zero-order valence-electron chi connectivity index (χ0n) is 14.9. The zero-order chi connectivity index (χ0) is 19.3. The molecule has 0 aliphatic heterocycles. The maximum absolute atomic E-state index is 12.4. The van der Waals surface area contributed by atoms with Gasteiger partial charge in [0.05, 0.1) is 0 Å². The Morgan fingerprint density at radius 3 is 2.73 bits per heavy atom. The van der Waals surface area contributed by atoms with E-state index in [0.717, 1.165) is 17.4 Å². The van der Waals surface area contributed by atoms with Gasteiger partial charge in [0.25, 0.3) is 6.43 Å². The molecule has 0 saturated carbocycles. The monoisotopic (exact) mass is 382 g/mol. The number of aldehydes is 1. The highest BCUT2D eigenvalue weighted by Gasteiger charge is 2.17. The van der Waals surface area contributed by atoms with Crippen LogP contribution in [0.1, 0.15) is 40.0 Å². The second-order valence-electron chi connectivity index (χ2n) is 6.16. The van der Waals surface area contributed by atoms with Gasteiger partial charge in [0.2, 0.25) is 0 Å². The molecule has 140 valence electrons. The van der Waals surface area contributed by atoms with Crippen LogP contribution < -0.4 is 4.74 Å². The van der Waals surface area contributed by atoms with E-state index in [0.29, 0.717) is 28.6 Å². The molecule has 0 bridgehead atoms. The Morgan fingerprint density at radius 1 is 1.35 bits per heavy atom. The molecule has 1 heterocycles. The molecule has 0 spiro atoms. The highest BCUT2D eigenvalue weighted by Crippen LogP contribution is 2.28. The van der Waals surface area contributed by atoms with Crippen molar-refractivity contribution >= 4 is 17.9 Å². The summed E-state index contributed by atoms with van der Waals surface area (Å²) >= 11 is 6.14. The van der Waals surface area contributed by atoms with Crippen molar-refractivity contribution in [2.45, 2.75) is 32.9 Å². The molecule has 1 aromatic carbocycles. The van der Waals surface area contributed by atoms with E-state index in [4.69, 9.17) is 16.3 Å². The van der Waals surface area contributed by atoms with E-state index in [1.165, 1.54) is 6.20 Å². The minimum atomic E-state index is -2.52. The Bertz CT molecular complexity index is 771. The van der Waals surface area contributed by atoms with Crippen molar-refractivity contribution in [2.75, 3.05) is 13.7 Å². The molecule has 7 heteroatoms. The Labute approximate surface area is 156 Å². The maximum Gasteiger partial charge on any atom is 0.272 e. The van der Waals surface area contributed by atoms with Crippen molar-refractivity contribution in [3.63, 3.8) is 0 Å². The minimum absolute atomic E-state index is 0.0559. The van der Waals surface area contributed by atoms with Gasteiger partial charge < -0.3 is 4.74 Å². The predicted octanol–water partition coefficient (Wildman–Crippen LogP) is 4.69. The molecule has 26 heavy (non-hydrogen) atoms. The number of rotatable bonds is 8. The minimum Gasteiger partial charge on any atom is -0.488 e. The standard InChI is InChI=1S/C19H21ClF2N2O2/c1-12-6-15(8-16(7-12)26-11-18(21)22)13(2)24(3)9-17-14(10-25)4-5-23-19(17)20/h4-8,10,13,18H,9,11H2,1-3H3. The van der Waals surface area contributed by atoms with Crippen LogP contribution in [-0.4, -0.2) is 36.3 Å². The number of ether oxygens (including phenoxy) is 1. The zero-order valence-corrected chi connectivity index (χ0v) is 15.6. The smallest absolute Gasteiger partial charge is 0.272 e. The van der Waals surface area contributed by atoms with E-state index in [2.05, 4.69) is 4.98 Å². The molecule has 0 aliphatic rings. The van der Waals surface area contributed by atoms with Gasteiger partial charge >= 0.3 is 0 Å². The van der Waals surface area contributed by atoms with E-state index in [-0.39, 0.29) is 6.04 Å². The quantitative estimate of drug-likeness (QED) is 0.490. The summed E-state index contributed by atoms with van der Waals surface area (Å²) in [6.07, 6.45) is -0.273. The molecule has 4 nitrogen and oxygen atoms in total. The van der Waals surface area contributed by atoms with Crippen molar-refractivity contribution < 1.29 is 18.3 Å². The fraction of sp³-hybridized carbons (Fsp3) is 0.368. The van der Waals surface area contributed by atoms with Gasteiger partial charge in [-0.2, -0.15) is 0 Å². The normalized spacial score (nSPS) is 12.5. The summed E-state index contributed by atoms with van der Waals surface area (Å²) in [5, 5.41) is 0.291. The number of hydrogen-bond acceptors (Lipinski definition) is 4. The SMILES string of the molecule is Cc1cc(OCC(F)F)cc(C(C)N(C)Cc2c(C=O)ccnc2Cl)c1. The molecule has 2 aromatic rings. The lowest BCUT2D eigenvalue weighted by Gasteiger charge is -2.26. The molecule has 0 aliphatic carbocycles. The first-order chi connectivity index (χ1) is 12.3. The highest BCUT2D eigenvalue weighted by atomic mass is 35.5. The number of alkyl halides is 2. The molecule has 0 fully saturated rings. The molecular formula is C19H21ClF2N2O2. The van der Waals surface area contributed by atoms with Gasteiger partial charge in [0.15, 0.2) is 6.29 Å². The lowest BCUT2D eigenvalue weighted by atomic mass is 10.0. The van der Waals surface area contributed by atoms with E-state index < -0.39 is 13.0 Å². The number of carbonyl (C=O) groups excluding carboxylic acids is 1. The third-order valence-corrected chi connectivity index (χ3v) is 4.49.